The van der Waals surface area contributed by atoms with Crippen molar-refractivity contribution in [2.24, 2.45) is 0 Å². The fourth-order valence-corrected chi connectivity index (χ4v) is 3.21. The van der Waals surface area contributed by atoms with E-state index in [9.17, 15) is 9.59 Å². The summed E-state index contributed by atoms with van der Waals surface area (Å²) in [5.74, 6) is 0.224. The van der Waals surface area contributed by atoms with Crippen LogP contribution in [0, 0.1) is 11.3 Å². The van der Waals surface area contributed by atoms with E-state index in [1.54, 1.807) is 36.3 Å². The molecule has 7 nitrogen and oxygen atoms in total. The van der Waals surface area contributed by atoms with E-state index in [0.717, 1.165) is 11.4 Å². The molecule has 1 aliphatic rings. The number of nitrogens with zero attached hydrogens (tertiary/aromatic N) is 3. The Morgan fingerprint density at radius 1 is 1.11 bits per heavy atom. The Bertz CT molecular complexity index is 899. The maximum atomic E-state index is 12.5. The minimum atomic E-state index is -0.382. The van der Waals surface area contributed by atoms with Gasteiger partial charge in [0.2, 0.25) is 11.8 Å². The maximum Gasteiger partial charge on any atom is 0.233 e. The zero-order valence-electron chi connectivity index (χ0n) is 15.7. The van der Waals surface area contributed by atoms with Crippen LogP contribution in [0.1, 0.15) is 12.0 Å². The average Bonchev–Trinajstić information content (AvgIpc) is 2.73. The van der Waals surface area contributed by atoms with Crippen molar-refractivity contribution < 1.29 is 14.3 Å². The first kappa shape index (κ1) is 19.2. The molecule has 3 rings (SSSR count). The highest BCUT2D eigenvalue weighted by Crippen LogP contribution is 2.28. The first-order valence-electron chi connectivity index (χ1n) is 9.06. The summed E-state index contributed by atoms with van der Waals surface area (Å²) in [6.45, 7) is 2.46. The molecule has 0 aliphatic carbocycles. The van der Waals surface area contributed by atoms with E-state index >= 15 is 0 Å². The van der Waals surface area contributed by atoms with Crippen molar-refractivity contribution >= 4 is 23.2 Å². The Balaban J connectivity index is 1.52. The lowest BCUT2D eigenvalue weighted by Gasteiger charge is -2.36. The molecule has 28 heavy (non-hydrogen) atoms. The predicted octanol–water partition coefficient (Wildman–Crippen LogP) is 2.24. The number of anilines is 2. The van der Waals surface area contributed by atoms with Crippen LogP contribution in [-0.2, 0) is 9.59 Å². The number of nitriles is 1. The van der Waals surface area contributed by atoms with Gasteiger partial charge in [0.15, 0.2) is 0 Å². The van der Waals surface area contributed by atoms with Gasteiger partial charge in [-0.1, -0.05) is 18.2 Å². The van der Waals surface area contributed by atoms with Gasteiger partial charge < -0.3 is 19.9 Å². The van der Waals surface area contributed by atoms with Crippen molar-refractivity contribution in [2.75, 3.05) is 43.5 Å². The van der Waals surface area contributed by atoms with Gasteiger partial charge in [-0.25, -0.2) is 0 Å². The molecule has 1 fully saturated rings. The van der Waals surface area contributed by atoms with Crippen molar-refractivity contribution in [2.45, 2.75) is 6.42 Å². The molecule has 144 valence electrons. The first-order chi connectivity index (χ1) is 13.6. The topological polar surface area (TPSA) is 85.7 Å². The molecule has 0 aromatic heterocycles. The number of ether oxygens (including phenoxy) is 1. The molecule has 0 unspecified atom stereocenters. The number of para-hydroxylation sites is 2. The Morgan fingerprint density at radius 2 is 1.86 bits per heavy atom. The lowest BCUT2D eigenvalue weighted by atomic mass is 10.2. The first-order valence-corrected chi connectivity index (χ1v) is 9.06. The van der Waals surface area contributed by atoms with E-state index in [2.05, 4.69) is 10.2 Å². The SMILES string of the molecule is COc1ccccc1N1CCN(C(=O)CC(=O)Nc2cccc(C#N)c2)CC1. The second-order valence-corrected chi connectivity index (χ2v) is 6.46. The lowest BCUT2D eigenvalue weighted by Crippen LogP contribution is -2.49. The number of carbonyl (C=O) groups is 2. The molecule has 1 aliphatic heterocycles. The highest BCUT2D eigenvalue weighted by Gasteiger charge is 2.24. The van der Waals surface area contributed by atoms with Gasteiger partial charge in [0.25, 0.3) is 0 Å². The molecule has 0 saturated carbocycles. The van der Waals surface area contributed by atoms with Gasteiger partial charge in [-0.2, -0.15) is 5.26 Å². The van der Waals surface area contributed by atoms with Gasteiger partial charge in [0.05, 0.1) is 24.4 Å². The van der Waals surface area contributed by atoms with Crippen molar-refractivity contribution in [3.05, 3.63) is 54.1 Å². The van der Waals surface area contributed by atoms with Crippen molar-refractivity contribution in [3.8, 4) is 11.8 Å². The lowest BCUT2D eigenvalue weighted by molar-refractivity contribution is -0.134. The molecular formula is C21H22N4O3. The van der Waals surface area contributed by atoms with E-state index in [1.165, 1.54) is 0 Å². The summed E-state index contributed by atoms with van der Waals surface area (Å²) in [6.07, 6.45) is -0.217. The molecule has 0 bridgehead atoms. The number of rotatable bonds is 5. The molecule has 2 amide bonds. The predicted molar refractivity (Wildman–Crippen MR) is 106 cm³/mol. The number of piperazine rings is 1. The van der Waals surface area contributed by atoms with Crippen LogP contribution in [-0.4, -0.2) is 50.0 Å². The zero-order valence-corrected chi connectivity index (χ0v) is 15.7. The van der Waals surface area contributed by atoms with Crippen molar-refractivity contribution in [1.82, 2.24) is 4.90 Å². The van der Waals surface area contributed by atoms with Crippen LogP contribution in [0.4, 0.5) is 11.4 Å². The summed E-state index contributed by atoms with van der Waals surface area (Å²) in [4.78, 5) is 28.5. The number of amides is 2. The number of benzene rings is 2. The number of hydrogen-bond acceptors (Lipinski definition) is 5. The highest BCUT2D eigenvalue weighted by molar-refractivity contribution is 6.03. The number of carbonyl (C=O) groups excluding carboxylic acids is 2. The summed E-state index contributed by atoms with van der Waals surface area (Å²) in [5.41, 5.74) is 1.97. The summed E-state index contributed by atoms with van der Waals surface area (Å²) >= 11 is 0. The molecule has 2 aromatic carbocycles. The van der Waals surface area contributed by atoms with Gasteiger partial charge in [-0.15, -0.1) is 0 Å². The zero-order chi connectivity index (χ0) is 19.9. The van der Waals surface area contributed by atoms with E-state index in [4.69, 9.17) is 10.00 Å². The van der Waals surface area contributed by atoms with Gasteiger partial charge in [-0.3, -0.25) is 9.59 Å². The molecule has 0 atom stereocenters. The van der Waals surface area contributed by atoms with Gasteiger partial charge in [0, 0.05) is 31.9 Å². The molecule has 0 spiro atoms. The van der Waals surface area contributed by atoms with Crippen molar-refractivity contribution in [3.63, 3.8) is 0 Å². The van der Waals surface area contributed by atoms with Gasteiger partial charge in [0.1, 0.15) is 12.2 Å². The maximum absolute atomic E-state index is 12.5. The number of nitrogens with one attached hydrogen (secondary N) is 1. The minimum absolute atomic E-state index is 0.200. The second-order valence-electron chi connectivity index (χ2n) is 6.46. The van der Waals surface area contributed by atoms with Crippen LogP contribution in [0.15, 0.2) is 48.5 Å². The third kappa shape index (κ3) is 4.60. The quantitative estimate of drug-likeness (QED) is 0.807. The molecule has 1 saturated heterocycles. The van der Waals surface area contributed by atoms with Crippen LogP contribution >= 0.6 is 0 Å². The fourth-order valence-electron chi connectivity index (χ4n) is 3.21. The Kier molecular flexibility index (Phi) is 6.12. The highest BCUT2D eigenvalue weighted by atomic mass is 16.5. The van der Waals surface area contributed by atoms with Gasteiger partial charge in [-0.05, 0) is 30.3 Å². The summed E-state index contributed by atoms with van der Waals surface area (Å²) in [6, 6.07) is 16.4. The van der Waals surface area contributed by atoms with Crippen LogP contribution in [0.5, 0.6) is 5.75 Å². The number of hydrogen-bond donors (Lipinski definition) is 1. The Hall–Kier alpha value is -3.53. The standard InChI is InChI=1S/C21H22N4O3/c1-28-19-8-3-2-7-18(19)24-9-11-25(12-10-24)21(27)14-20(26)23-17-6-4-5-16(13-17)15-22/h2-8,13H,9-12,14H2,1H3,(H,23,26). The Labute approximate surface area is 164 Å². The number of methoxy groups -OCH3 is 1. The van der Waals surface area contributed by atoms with E-state index in [1.807, 2.05) is 30.3 Å². The monoisotopic (exact) mass is 378 g/mol. The van der Waals surface area contributed by atoms with Crippen LogP contribution in [0.3, 0.4) is 0 Å². The average molecular weight is 378 g/mol. The normalized spacial score (nSPS) is 13.6. The van der Waals surface area contributed by atoms with Crippen LogP contribution in [0.25, 0.3) is 0 Å². The molecule has 2 aromatic rings. The minimum Gasteiger partial charge on any atom is -0.495 e. The molecular weight excluding hydrogens is 356 g/mol. The molecule has 1 heterocycles. The fraction of sp³-hybridized carbons (Fsp3) is 0.286. The smallest absolute Gasteiger partial charge is 0.233 e. The molecule has 1 N–H and O–H groups in total. The van der Waals surface area contributed by atoms with Crippen LogP contribution in [0.2, 0.25) is 0 Å². The molecule has 7 heteroatoms. The second kappa shape index (κ2) is 8.91. The summed E-state index contributed by atoms with van der Waals surface area (Å²) in [7, 11) is 1.64. The van der Waals surface area contributed by atoms with E-state index < -0.39 is 0 Å². The third-order valence-corrected chi connectivity index (χ3v) is 4.65. The summed E-state index contributed by atoms with van der Waals surface area (Å²) in [5, 5.41) is 11.6. The van der Waals surface area contributed by atoms with Gasteiger partial charge >= 0.3 is 0 Å². The van der Waals surface area contributed by atoms with Crippen LogP contribution < -0.4 is 15.0 Å². The third-order valence-electron chi connectivity index (χ3n) is 4.65. The summed E-state index contributed by atoms with van der Waals surface area (Å²) < 4.78 is 5.40. The van der Waals surface area contributed by atoms with E-state index in [-0.39, 0.29) is 18.2 Å². The molecule has 0 radical (unpaired) electrons. The van der Waals surface area contributed by atoms with Crippen molar-refractivity contribution in [1.29, 1.82) is 5.26 Å². The van der Waals surface area contributed by atoms with E-state index in [0.29, 0.717) is 37.4 Å². The largest absolute Gasteiger partial charge is 0.495 e. The Morgan fingerprint density at radius 3 is 2.57 bits per heavy atom.